The van der Waals surface area contributed by atoms with E-state index in [4.69, 9.17) is 30.5 Å². The van der Waals surface area contributed by atoms with Crippen LogP contribution in [0.15, 0.2) is 18.2 Å². The summed E-state index contributed by atoms with van der Waals surface area (Å²) in [5.41, 5.74) is 0.527. The highest BCUT2D eigenvalue weighted by molar-refractivity contribution is 6.66. The molecule has 1 aromatic rings. The van der Waals surface area contributed by atoms with Crippen LogP contribution in [0.1, 0.15) is 5.56 Å². The van der Waals surface area contributed by atoms with Gasteiger partial charge >= 0.3 is 0 Å². The van der Waals surface area contributed by atoms with Crippen LogP contribution in [0.3, 0.4) is 0 Å². The van der Waals surface area contributed by atoms with E-state index in [1.54, 1.807) is 0 Å². The van der Waals surface area contributed by atoms with Crippen molar-refractivity contribution >= 4 is 22.9 Å². The first-order chi connectivity index (χ1) is 12.8. The molecule has 5 atom stereocenters. The van der Waals surface area contributed by atoms with Crippen molar-refractivity contribution in [3.8, 4) is 17.2 Å². The van der Waals surface area contributed by atoms with Gasteiger partial charge in [0, 0.05) is 0 Å². The van der Waals surface area contributed by atoms with Crippen LogP contribution >= 0.6 is 11.6 Å². The van der Waals surface area contributed by atoms with Gasteiger partial charge in [-0.3, -0.25) is 4.79 Å². The normalized spacial score (nSPS) is 28.2. The Morgan fingerprint density at radius 3 is 2.22 bits per heavy atom. The van der Waals surface area contributed by atoms with E-state index in [9.17, 15) is 25.2 Å². The zero-order valence-corrected chi connectivity index (χ0v) is 15.4. The highest BCUT2D eigenvalue weighted by Gasteiger charge is 2.45. The fourth-order valence-corrected chi connectivity index (χ4v) is 2.62. The molecule has 0 aliphatic carbocycles. The van der Waals surface area contributed by atoms with Crippen LogP contribution in [0.25, 0.3) is 6.08 Å². The summed E-state index contributed by atoms with van der Waals surface area (Å²) in [5, 5.41) is 38.4. The number of aliphatic hydroxyl groups is 4. The molecule has 9 nitrogen and oxygen atoms in total. The molecular weight excluding hydrogens is 384 g/mol. The Morgan fingerprint density at radius 2 is 1.74 bits per heavy atom. The van der Waals surface area contributed by atoms with Crippen LogP contribution in [0.4, 0.5) is 0 Å². The third kappa shape index (κ3) is 4.89. The Kier molecular flexibility index (Phi) is 7.42. The molecular formula is C17H21ClO9. The molecule has 0 bridgehead atoms. The maximum atomic E-state index is 10.9. The van der Waals surface area contributed by atoms with Crippen LogP contribution in [-0.4, -0.2) is 77.2 Å². The van der Waals surface area contributed by atoms with E-state index < -0.39 is 42.6 Å². The molecule has 1 aliphatic rings. The van der Waals surface area contributed by atoms with Crippen molar-refractivity contribution in [1.29, 1.82) is 0 Å². The standard InChI is InChI=1S/C17H21ClO9/c1-24-9-5-8(3-4-12(18)20)6-10(25-2)16(9)27-17-15(23)14(22)13(21)11(7-19)26-17/h3-6,11,13-15,17,19,21-23H,7H2,1-2H3/b4-3+/t11-,13-,14+,15-,17+/m1/s1. The Hall–Kier alpha value is -1.88. The third-order valence-electron chi connectivity index (χ3n) is 3.97. The molecule has 10 heteroatoms. The van der Waals surface area contributed by atoms with E-state index in [1.807, 2.05) is 0 Å². The molecule has 150 valence electrons. The van der Waals surface area contributed by atoms with Gasteiger partial charge in [-0.15, -0.1) is 0 Å². The Morgan fingerprint density at radius 1 is 1.15 bits per heavy atom. The quantitative estimate of drug-likeness (QED) is 0.355. The number of allylic oxidation sites excluding steroid dienone is 1. The topological polar surface area (TPSA) is 135 Å². The summed E-state index contributed by atoms with van der Waals surface area (Å²) in [6.45, 7) is -0.588. The van der Waals surface area contributed by atoms with E-state index in [0.29, 0.717) is 5.56 Å². The SMILES string of the molecule is COc1cc(/C=C/C(=O)Cl)cc(OC)c1O[C@@H]1O[C@H](CO)[C@@H](O)[C@H](O)[C@H]1O. The second-order valence-electron chi connectivity index (χ2n) is 5.71. The number of aliphatic hydroxyl groups excluding tert-OH is 4. The lowest BCUT2D eigenvalue weighted by Crippen LogP contribution is -2.60. The lowest BCUT2D eigenvalue weighted by Gasteiger charge is -2.39. The van der Waals surface area contributed by atoms with Crippen molar-refractivity contribution in [3.05, 3.63) is 23.8 Å². The van der Waals surface area contributed by atoms with E-state index in [0.717, 1.165) is 6.08 Å². The lowest BCUT2D eigenvalue weighted by atomic mass is 9.99. The van der Waals surface area contributed by atoms with Gasteiger partial charge in [0.1, 0.15) is 24.4 Å². The van der Waals surface area contributed by atoms with Crippen molar-refractivity contribution < 1.29 is 44.2 Å². The number of ether oxygens (including phenoxy) is 4. The average Bonchev–Trinajstić information content (AvgIpc) is 2.66. The predicted molar refractivity (Wildman–Crippen MR) is 93.8 cm³/mol. The maximum absolute atomic E-state index is 10.9. The molecule has 2 rings (SSSR count). The van der Waals surface area contributed by atoms with Gasteiger partial charge in [-0.25, -0.2) is 0 Å². The molecule has 1 saturated heterocycles. The smallest absolute Gasteiger partial charge is 0.245 e. The van der Waals surface area contributed by atoms with Gasteiger partial charge in [0.2, 0.25) is 17.3 Å². The zero-order valence-electron chi connectivity index (χ0n) is 14.6. The molecule has 0 amide bonds. The maximum Gasteiger partial charge on any atom is 0.245 e. The summed E-state index contributed by atoms with van der Waals surface area (Å²) in [6, 6.07) is 3.05. The van der Waals surface area contributed by atoms with Crippen LogP contribution in [0, 0.1) is 0 Å². The molecule has 0 aromatic heterocycles. The fourth-order valence-electron chi connectivity index (χ4n) is 2.56. The van der Waals surface area contributed by atoms with Crippen molar-refractivity contribution in [2.75, 3.05) is 20.8 Å². The Balaban J connectivity index is 2.35. The number of methoxy groups -OCH3 is 2. The van der Waals surface area contributed by atoms with Gasteiger partial charge in [-0.1, -0.05) is 0 Å². The minimum atomic E-state index is -1.59. The van der Waals surface area contributed by atoms with Gasteiger partial charge in [-0.2, -0.15) is 0 Å². The number of hydrogen-bond donors (Lipinski definition) is 4. The summed E-state index contributed by atoms with van der Waals surface area (Å²) in [7, 11) is 2.74. The molecule has 0 saturated carbocycles. The summed E-state index contributed by atoms with van der Waals surface area (Å²) in [6.07, 6.45) is -4.63. The molecule has 1 aliphatic heterocycles. The van der Waals surface area contributed by atoms with Crippen molar-refractivity contribution in [2.45, 2.75) is 30.7 Å². The van der Waals surface area contributed by atoms with E-state index in [-0.39, 0.29) is 17.2 Å². The summed E-state index contributed by atoms with van der Waals surface area (Å²) < 4.78 is 21.5. The molecule has 1 aromatic carbocycles. The molecule has 1 heterocycles. The first-order valence-electron chi connectivity index (χ1n) is 7.93. The summed E-state index contributed by atoms with van der Waals surface area (Å²) >= 11 is 5.28. The van der Waals surface area contributed by atoms with Gasteiger partial charge in [0.25, 0.3) is 0 Å². The fraction of sp³-hybridized carbons (Fsp3) is 0.471. The van der Waals surface area contributed by atoms with Crippen molar-refractivity contribution in [1.82, 2.24) is 0 Å². The molecule has 0 radical (unpaired) electrons. The van der Waals surface area contributed by atoms with Gasteiger partial charge < -0.3 is 39.4 Å². The first kappa shape index (κ1) is 21.4. The monoisotopic (exact) mass is 404 g/mol. The number of halogens is 1. The van der Waals surface area contributed by atoms with Gasteiger partial charge in [0.05, 0.1) is 20.8 Å². The minimum absolute atomic E-state index is 0.0543. The van der Waals surface area contributed by atoms with Crippen LogP contribution in [-0.2, 0) is 9.53 Å². The zero-order chi connectivity index (χ0) is 20.1. The average molecular weight is 405 g/mol. The molecule has 27 heavy (non-hydrogen) atoms. The largest absolute Gasteiger partial charge is 0.493 e. The molecule has 1 fully saturated rings. The highest BCUT2D eigenvalue weighted by atomic mass is 35.5. The van der Waals surface area contributed by atoms with Crippen molar-refractivity contribution in [2.24, 2.45) is 0 Å². The van der Waals surface area contributed by atoms with Gasteiger partial charge in [0.15, 0.2) is 11.5 Å². The number of rotatable bonds is 7. The Labute approximate surface area is 160 Å². The van der Waals surface area contributed by atoms with E-state index in [1.165, 1.54) is 32.4 Å². The molecule has 0 spiro atoms. The second kappa shape index (κ2) is 9.36. The highest BCUT2D eigenvalue weighted by Crippen LogP contribution is 2.40. The number of carbonyl (C=O) groups excluding carboxylic acids is 1. The molecule has 4 N–H and O–H groups in total. The number of hydrogen-bond acceptors (Lipinski definition) is 9. The Bertz CT molecular complexity index is 666. The van der Waals surface area contributed by atoms with Gasteiger partial charge in [-0.05, 0) is 41.4 Å². The van der Waals surface area contributed by atoms with Crippen LogP contribution in [0.5, 0.6) is 17.2 Å². The summed E-state index contributed by atoms with van der Waals surface area (Å²) in [4.78, 5) is 10.9. The number of carbonyl (C=O) groups is 1. The second-order valence-corrected chi connectivity index (χ2v) is 6.08. The minimum Gasteiger partial charge on any atom is -0.493 e. The number of benzene rings is 1. The van der Waals surface area contributed by atoms with Crippen LogP contribution < -0.4 is 14.2 Å². The lowest BCUT2D eigenvalue weighted by molar-refractivity contribution is -0.277. The van der Waals surface area contributed by atoms with Crippen molar-refractivity contribution in [3.63, 3.8) is 0 Å². The third-order valence-corrected chi connectivity index (χ3v) is 4.10. The van der Waals surface area contributed by atoms with Crippen LogP contribution in [0.2, 0.25) is 0 Å². The van der Waals surface area contributed by atoms with E-state index >= 15 is 0 Å². The summed E-state index contributed by atoms with van der Waals surface area (Å²) in [5.74, 6) is 0.430. The predicted octanol–water partition coefficient (Wildman–Crippen LogP) is -0.339. The van der Waals surface area contributed by atoms with E-state index in [2.05, 4.69) is 0 Å². The first-order valence-corrected chi connectivity index (χ1v) is 8.30. The molecule has 0 unspecified atom stereocenters.